The first kappa shape index (κ1) is 43.4. The number of aliphatic hydroxyl groups excluding tert-OH is 1. The molecule has 0 spiro atoms. The van der Waals surface area contributed by atoms with Crippen molar-refractivity contribution in [1.29, 1.82) is 0 Å². The highest BCUT2D eigenvalue weighted by atomic mass is 31.1. The van der Waals surface area contributed by atoms with Crippen LogP contribution in [0.1, 0.15) is 58.4 Å². The van der Waals surface area contributed by atoms with Crippen LogP contribution in [0.15, 0.2) is 97.1 Å². The fraction of sp³-hybridized carbons (Fsp3) is 0.321. The Morgan fingerprint density at radius 3 is 0.950 bits per heavy atom. The first-order valence-corrected chi connectivity index (χ1v) is 23.9. The van der Waals surface area contributed by atoms with E-state index in [0.717, 1.165) is 36.0 Å². The normalized spacial score (nSPS) is 13.5. The molecule has 0 aliphatic carbocycles. The zero-order chi connectivity index (χ0) is 43.0. The number of ether oxygens (including phenoxy) is 2. The summed E-state index contributed by atoms with van der Waals surface area (Å²) < 4.78 is 14.0. The first-order chi connectivity index (χ1) is 28.6. The lowest BCUT2D eigenvalue weighted by atomic mass is 9.99. The van der Waals surface area contributed by atoms with Gasteiger partial charge in [0.15, 0.2) is 11.5 Å². The Morgan fingerprint density at radius 1 is 0.450 bits per heavy atom. The summed E-state index contributed by atoms with van der Waals surface area (Å²) in [7, 11) is 2.34. The van der Waals surface area contributed by atoms with Gasteiger partial charge in [0.25, 0.3) is 0 Å². The molecule has 0 unspecified atom stereocenters. The minimum absolute atomic E-state index is 0.167. The molecule has 60 heavy (non-hydrogen) atoms. The van der Waals surface area contributed by atoms with Gasteiger partial charge in [0.2, 0.25) is 0 Å². The Labute approximate surface area is 361 Å². The molecule has 0 aromatic heterocycles. The number of aryl methyl sites for hydroxylation is 8. The van der Waals surface area contributed by atoms with Crippen molar-refractivity contribution in [2.75, 3.05) is 50.2 Å². The van der Waals surface area contributed by atoms with Crippen LogP contribution in [0, 0.1) is 55.4 Å². The first-order valence-electron chi connectivity index (χ1n) is 21.2. The summed E-state index contributed by atoms with van der Waals surface area (Å²) in [5.41, 5.74) is 14.8. The summed E-state index contributed by atoms with van der Waals surface area (Å²) in [6.45, 7) is 24.2. The maximum Gasteiger partial charge on any atom is 0.151 e. The van der Waals surface area contributed by atoms with Crippen LogP contribution in [0.25, 0.3) is 11.1 Å². The average molecular weight is 837 g/mol. The molecule has 5 nitrogen and oxygen atoms in total. The number of fused-ring (bicyclic) bond motifs is 2. The van der Waals surface area contributed by atoms with E-state index in [1.54, 1.807) is 13.8 Å². The highest BCUT2D eigenvalue weighted by molar-refractivity contribution is 7.80. The topological polar surface area (TPSA) is 45.2 Å². The molecule has 8 rings (SSSR count). The predicted octanol–water partition coefficient (Wildman–Crippen LogP) is 9.38. The van der Waals surface area contributed by atoms with Crippen molar-refractivity contribution in [3.05, 3.63) is 142 Å². The molecule has 0 fully saturated rings. The fourth-order valence-corrected chi connectivity index (χ4v) is 14.5. The zero-order valence-corrected chi connectivity index (χ0v) is 39.5. The van der Waals surface area contributed by atoms with Crippen LogP contribution >= 0.6 is 15.8 Å². The van der Waals surface area contributed by atoms with E-state index >= 15 is 0 Å². The number of hydrogen-bond donors (Lipinski definition) is 1. The third kappa shape index (κ3) is 9.30. The van der Waals surface area contributed by atoms with E-state index in [0.29, 0.717) is 13.2 Å². The van der Waals surface area contributed by atoms with Gasteiger partial charge in [-0.25, -0.2) is 0 Å². The Kier molecular flexibility index (Phi) is 13.1. The Hall–Kier alpha value is -4.66. The number of nitrogens with zero attached hydrogens (tertiary/aromatic N) is 2. The van der Waals surface area contributed by atoms with Gasteiger partial charge in [-0.2, -0.15) is 0 Å². The molecule has 312 valence electrons. The van der Waals surface area contributed by atoms with Crippen molar-refractivity contribution in [3.63, 3.8) is 0 Å². The summed E-state index contributed by atoms with van der Waals surface area (Å²) in [5.74, 6) is 1.92. The van der Waals surface area contributed by atoms with Crippen LogP contribution in [0.3, 0.4) is 0 Å². The van der Waals surface area contributed by atoms with Crippen molar-refractivity contribution >= 4 is 59.0 Å². The van der Waals surface area contributed by atoms with Crippen molar-refractivity contribution < 1.29 is 14.6 Å². The molecule has 0 radical (unpaired) electrons. The van der Waals surface area contributed by atoms with Gasteiger partial charge >= 0.3 is 0 Å². The van der Waals surface area contributed by atoms with E-state index in [1.807, 2.05) is 0 Å². The number of hydrogen-bond acceptors (Lipinski definition) is 5. The molecule has 0 bridgehead atoms. The van der Waals surface area contributed by atoms with Gasteiger partial charge < -0.3 is 24.4 Å². The van der Waals surface area contributed by atoms with Crippen LogP contribution in [-0.4, -0.2) is 51.6 Å². The second-order valence-corrected chi connectivity index (χ2v) is 21.7. The van der Waals surface area contributed by atoms with Gasteiger partial charge in [0, 0.05) is 31.3 Å². The molecule has 6 aromatic carbocycles. The SMILES string of the molecule is CC(C)O.Cc1cc(C)cc(P(c2cc(C)cc(C)c2)c2ccc3c(c2-c2c(P(c4cc(C)cc(C)c4)c4cc(C)cc(C)c4)ccc4c2OCCN4C)OCCN3C)c1. The van der Waals surface area contributed by atoms with Gasteiger partial charge in [-0.1, -0.05) is 129 Å². The van der Waals surface area contributed by atoms with Crippen molar-refractivity contribution in [1.82, 2.24) is 0 Å². The zero-order valence-electron chi connectivity index (χ0n) is 37.7. The van der Waals surface area contributed by atoms with E-state index in [-0.39, 0.29) is 6.10 Å². The second kappa shape index (κ2) is 18.1. The van der Waals surface area contributed by atoms with Gasteiger partial charge in [-0.15, -0.1) is 0 Å². The highest BCUT2D eigenvalue weighted by Gasteiger charge is 2.35. The van der Waals surface area contributed by atoms with Crippen LogP contribution in [0.2, 0.25) is 0 Å². The lowest BCUT2D eigenvalue weighted by Crippen LogP contribution is -2.34. The average Bonchev–Trinajstić information content (AvgIpc) is 3.14. The maximum atomic E-state index is 8.06. The minimum atomic E-state index is -1.03. The molecular weight excluding hydrogens is 775 g/mol. The van der Waals surface area contributed by atoms with E-state index < -0.39 is 15.8 Å². The smallest absolute Gasteiger partial charge is 0.151 e. The van der Waals surface area contributed by atoms with Crippen molar-refractivity contribution in [2.24, 2.45) is 0 Å². The monoisotopic (exact) mass is 836 g/mol. The third-order valence-electron chi connectivity index (χ3n) is 11.0. The number of aliphatic hydroxyl groups is 1. The summed E-state index contributed by atoms with van der Waals surface area (Å²) in [4.78, 5) is 4.72. The van der Waals surface area contributed by atoms with Gasteiger partial charge in [0.05, 0.1) is 24.5 Å². The van der Waals surface area contributed by atoms with Gasteiger partial charge in [0.1, 0.15) is 13.2 Å². The standard InChI is InChI=1S/C50H54N2O2P2.C3H8O/c1-31-19-32(2)24-39(23-31)55(40-25-33(3)20-34(4)26-40)45-13-11-43-49(53-17-15-51(43)9)47(45)48-46(14-12-44-50(48)54-18-16-52(44)10)56(41-27-35(5)21-36(6)28-41)42-29-37(7)22-38(8)30-42;1-3(2)4/h11-14,19-30H,15-18H2,1-10H3;3-4H,1-2H3. The number of anilines is 2. The lowest BCUT2D eigenvalue weighted by Gasteiger charge is -2.36. The van der Waals surface area contributed by atoms with Crippen LogP contribution < -0.4 is 51.1 Å². The van der Waals surface area contributed by atoms with Crippen molar-refractivity contribution in [2.45, 2.75) is 75.3 Å². The Balaban J connectivity index is 0.00000130. The molecule has 0 saturated heterocycles. The van der Waals surface area contributed by atoms with E-state index in [2.05, 4.69) is 176 Å². The number of rotatable bonds is 7. The molecular formula is C53H62N2O3P2. The number of likely N-dealkylation sites (N-methyl/N-ethyl adjacent to an activating group) is 2. The minimum Gasteiger partial charge on any atom is -0.489 e. The molecule has 0 saturated carbocycles. The summed E-state index contributed by atoms with van der Waals surface area (Å²) in [6, 6.07) is 37.9. The van der Waals surface area contributed by atoms with E-state index in [1.165, 1.54) is 87.5 Å². The van der Waals surface area contributed by atoms with Gasteiger partial charge in [-0.3, -0.25) is 0 Å². The van der Waals surface area contributed by atoms with E-state index in [9.17, 15) is 0 Å². The van der Waals surface area contributed by atoms with Gasteiger partial charge in [-0.05, 0) is 129 Å². The largest absolute Gasteiger partial charge is 0.489 e. The maximum absolute atomic E-state index is 8.06. The number of benzene rings is 6. The molecule has 7 heteroatoms. The molecule has 1 N–H and O–H groups in total. The molecule has 0 atom stereocenters. The summed E-state index contributed by atoms with van der Waals surface area (Å²) in [5, 5.41) is 16.1. The van der Waals surface area contributed by atoms with Crippen LogP contribution in [0.4, 0.5) is 11.4 Å². The van der Waals surface area contributed by atoms with Crippen LogP contribution in [-0.2, 0) is 0 Å². The molecule has 6 aromatic rings. The fourth-order valence-electron chi connectivity index (χ4n) is 8.86. The lowest BCUT2D eigenvalue weighted by molar-refractivity contribution is 0.216. The second-order valence-electron chi connectivity index (χ2n) is 17.3. The third-order valence-corrected chi connectivity index (χ3v) is 15.8. The summed E-state index contributed by atoms with van der Waals surface area (Å²) >= 11 is 0. The summed E-state index contributed by atoms with van der Waals surface area (Å²) in [6.07, 6.45) is -0.167. The molecule has 2 aliphatic rings. The molecule has 2 aliphatic heterocycles. The van der Waals surface area contributed by atoms with Crippen molar-refractivity contribution in [3.8, 4) is 22.6 Å². The molecule has 0 amide bonds. The highest BCUT2D eigenvalue weighted by Crippen LogP contribution is 2.53. The quantitative estimate of drug-likeness (QED) is 0.163. The van der Waals surface area contributed by atoms with E-state index in [4.69, 9.17) is 14.6 Å². The van der Waals surface area contributed by atoms with Crippen LogP contribution in [0.5, 0.6) is 11.5 Å². The Morgan fingerprint density at radius 2 is 0.700 bits per heavy atom. The Bertz CT molecular complexity index is 2190. The predicted molar refractivity (Wildman–Crippen MR) is 262 cm³/mol. The molecule has 2 heterocycles.